The van der Waals surface area contributed by atoms with Crippen LogP contribution in [-0.4, -0.2) is 21.8 Å². The number of rotatable bonds is 4. The van der Waals surface area contributed by atoms with Gasteiger partial charge < -0.3 is 15.5 Å². The fourth-order valence-electron chi connectivity index (χ4n) is 5.03. The fraction of sp³-hybridized carbons (Fsp3) is 0.0909. The van der Waals surface area contributed by atoms with Crippen LogP contribution in [0.15, 0.2) is 104 Å². The van der Waals surface area contributed by atoms with Crippen LogP contribution >= 0.6 is 0 Å². The molecule has 0 spiro atoms. The Hall–Kier alpha value is -5.30. The molecule has 0 fully saturated rings. The van der Waals surface area contributed by atoms with Crippen molar-refractivity contribution in [3.8, 4) is 11.1 Å². The lowest BCUT2D eigenvalue weighted by Gasteiger charge is -2.24. The van der Waals surface area contributed by atoms with Gasteiger partial charge in [-0.2, -0.15) is 0 Å². The van der Waals surface area contributed by atoms with E-state index in [4.69, 9.17) is 0 Å². The Kier molecular flexibility index (Phi) is 6.54. The van der Waals surface area contributed by atoms with E-state index in [1.165, 1.54) is 0 Å². The summed E-state index contributed by atoms with van der Waals surface area (Å²) in [5.74, 6) is 0.395. The minimum Gasteiger partial charge on any atom is -0.338 e. The summed E-state index contributed by atoms with van der Waals surface area (Å²) in [4.78, 5) is 37.9. The van der Waals surface area contributed by atoms with Crippen LogP contribution in [0.2, 0.25) is 0 Å². The molecule has 0 radical (unpaired) electrons. The van der Waals surface area contributed by atoms with Crippen LogP contribution in [0.3, 0.4) is 0 Å². The number of aryl methyl sites for hydroxylation is 2. The second-order valence-electron chi connectivity index (χ2n) is 9.77. The molecule has 0 unspecified atom stereocenters. The number of fused-ring (bicyclic) bond motifs is 2. The standard InChI is InChI=1S/C33H27N5O2/c1-21-18-29(37-32(39)26-12-4-3-11-25(26)23-9-7-15-34-19-23)22(2)17-27(21)33(40)38-20-24-10-8-16-35-31(24)36-28-13-5-6-14-30(28)38/h3-19H,20H2,1-2H3,(H,35,36)(H,37,39). The summed E-state index contributed by atoms with van der Waals surface area (Å²) >= 11 is 0. The Morgan fingerprint density at radius 2 is 1.65 bits per heavy atom. The van der Waals surface area contributed by atoms with Crippen molar-refractivity contribution in [2.75, 3.05) is 15.5 Å². The van der Waals surface area contributed by atoms with E-state index in [1.807, 2.05) is 92.7 Å². The van der Waals surface area contributed by atoms with Crippen molar-refractivity contribution in [1.29, 1.82) is 0 Å². The van der Waals surface area contributed by atoms with Gasteiger partial charge in [0.05, 0.1) is 17.9 Å². The maximum absolute atomic E-state index is 14.0. The van der Waals surface area contributed by atoms with Crippen LogP contribution < -0.4 is 15.5 Å². The molecule has 0 atom stereocenters. The number of nitrogens with zero attached hydrogens (tertiary/aromatic N) is 3. The minimum atomic E-state index is -0.224. The van der Waals surface area contributed by atoms with Gasteiger partial charge in [0.2, 0.25) is 0 Å². The number of aromatic nitrogens is 2. The Bertz CT molecular complexity index is 1750. The SMILES string of the molecule is Cc1cc(C(=O)N2Cc3cccnc3Nc3ccccc32)c(C)cc1NC(=O)c1ccccc1-c1cccnc1. The zero-order valence-corrected chi connectivity index (χ0v) is 22.2. The molecule has 0 saturated heterocycles. The second-order valence-corrected chi connectivity index (χ2v) is 9.77. The van der Waals surface area contributed by atoms with Gasteiger partial charge in [-0.15, -0.1) is 0 Å². The van der Waals surface area contributed by atoms with Gasteiger partial charge in [-0.05, 0) is 73.0 Å². The number of hydrogen-bond donors (Lipinski definition) is 2. The van der Waals surface area contributed by atoms with Crippen LogP contribution in [0.5, 0.6) is 0 Å². The Balaban J connectivity index is 1.31. The number of pyridine rings is 2. The first-order valence-corrected chi connectivity index (χ1v) is 13.0. The maximum Gasteiger partial charge on any atom is 0.258 e. The first kappa shape index (κ1) is 25.0. The lowest BCUT2D eigenvalue weighted by atomic mass is 9.99. The molecule has 3 heterocycles. The number of anilines is 4. The van der Waals surface area contributed by atoms with E-state index in [-0.39, 0.29) is 11.8 Å². The molecule has 7 heteroatoms. The zero-order chi connectivity index (χ0) is 27.6. The third-order valence-electron chi connectivity index (χ3n) is 7.11. The average Bonchev–Trinajstić information content (AvgIpc) is 3.16. The normalized spacial score (nSPS) is 12.0. The van der Waals surface area contributed by atoms with E-state index in [0.717, 1.165) is 45.0 Å². The molecule has 2 aromatic heterocycles. The van der Waals surface area contributed by atoms with E-state index < -0.39 is 0 Å². The molecule has 196 valence electrons. The summed E-state index contributed by atoms with van der Waals surface area (Å²) in [5, 5.41) is 6.43. The van der Waals surface area contributed by atoms with E-state index in [2.05, 4.69) is 20.6 Å². The van der Waals surface area contributed by atoms with Gasteiger partial charge >= 0.3 is 0 Å². The molecule has 5 aromatic rings. The number of amides is 2. The second kappa shape index (κ2) is 10.5. The molecule has 0 saturated carbocycles. The molecule has 40 heavy (non-hydrogen) atoms. The number of benzene rings is 3. The lowest BCUT2D eigenvalue weighted by Crippen LogP contribution is -2.30. The predicted molar refractivity (Wildman–Crippen MR) is 158 cm³/mol. The van der Waals surface area contributed by atoms with Gasteiger partial charge in [0.25, 0.3) is 11.8 Å². The number of carbonyl (C=O) groups is 2. The summed E-state index contributed by atoms with van der Waals surface area (Å²) in [6.45, 7) is 4.17. The topological polar surface area (TPSA) is 87.2 Å². The molecule has 2 N–H and O–H groups in total. The van der Waals surface area contributed by atoms with Crippen molar-refractivity contribution >= 4 is 34.7 Å². The Morgan fingerprint density at radius 1 is 0.850 bits per heavy atom. The van der Waals surface area contributed by atoms with E-state index in [0.29, 0.717) is 23.4 Å². The van der Waals surface area contributed by atoms with Crippen molar-refractivity contribution in [2.45, 2.75) is 20.4 Å². The number of hydrogen-bond acceptors (Lipinski definition) is 5. The number of carbonyl (C=O) groups excluding carboxylic acids is 2. The average molecular weight is 526 g/mol. The maximum atomic E-state index is 14.0. The first-order chi connectivity index (χ1) is 19.5. The quantitative estimate of drug-likeness (QED) is 0.266. The monoisotopic (exact) mass is 525 g/mol. The van der Waals surface area contributed by atoms with Crippen LogP contribution in [0.4, 0.5) is 22.9 Å². The van der Waals surface area contributed by atoms with Crippen LogP contribution in [0, 0.1) is 13.8 Å². The van der Waals surface area contributed by atoms with E-state index in [9.17, 15) is 9.59 Å². The van der Waals surface area contributed by atoms with Gasteiger partial charge in [0.15, 0.2) is 0 Å². The molecule has 3 aromatic carbocycles. The fourth-order valence-corrected chi connectivity index (χ4v) is 5.03. The van der Waals surface area contributed by atoms with Crippen LogP contribution in [-0.2, 0) is 6.54 Å². The van der Waals surface area contributed by atoms with E-state index >= 15 is 0 Å². The molecule has 0 bridgehead atoms. The molecule has 1 aliphatic heterocycles. The van der Waals surface area contributed by atoms with Gasteiger partial charge in [-0.25, -0.2) is 4.98 Å². The lowest BCUT2D eigenvalue weighted by molar-refractivity contribution is 0.0983. The Morgan fingerprint density at radius 3 is 2.50 bits per heavy atom. The molecule has 7 nitrogen and oxygen atoms in total. The predicted octanol–water partition coefficient (Wildman–Crippen LogP) is 6.92. The minimum absolute atomic E-state index is 0.119. The zero-order valence-electron chi connectivity index (χ0n) is 22.2. The smallest absolute Gasteiger partial charge is 0.258 e. The number of para-hydroxylation sites is 2. The third kappa shape index (κ3) is 4.69. The Labute approximate surface area is 232 Å². The summed E-state index contributed by atoms with van der Waals surface area (Å²) in [7, 11) is 0. The highest BCUT2D eigenvalue weighted by atomic mass is 16.2. The van der Waals surface area contributed by atoms with Crippen molar-refractivity contribution in [3.63, 3.8) is 0 Å². The summed E-state index contributed by atoms with van der Waals surface area (Å²) < 4.78 is 0. The third-order valence-corrected chi connectivity index (χ3v) is 7.11. The van der Waals surface area contributed by atoms with Crippen molar-refractivity contribution < 1.29 is 9.59 Å². The van der Waals surface area contributed by atoms with Gasteiger partial charge in [0, 0.05) is 46.5 Å². The largest absolute Gasteiger partial charge is 0.338 e. The van der Waals surface area contributed by atoms with Crippen LogP contribution in [0.1, 0.15) is 37.4 Å². The summed E-state index contributed by atoms with van der Waals surface area (Å²) in [6, 6.07) is 26.5. The summed E-state index contributed by atoms with van der Waals surface area (Å²) in [5.41, 5.74) is 7.55. The van der Waals surface area contributed by atoms with Crippen molar-refractivity contribution in [2.24, 2.45) is 0 Å². The molecule has 1 aliphatic rings. The van der Waals surface area contributed by atoms with Crippen LogP contribution in [0.25, 0.3) is 11.1 Å². The van der Waals surface area contributed by atoms with Crippen molar-refractivity contribution in [1.82, 2.24) is 9.97 Å². The van der Waals surface area contributed by atoms with Gasteiger partial charge in [0.1, 0.15) is 5.82 Å². The van der Waals surface area contributed by atoms with E-state index in [1.54, 1.807) is 29.6 Å². The molecule has 0 aliphatic carbocycles. The number of nitrogens with one attached hydrogen (secondary N) is 2. The highest BCUT2D eigenvalue weighted by Gasteiger charge is 2.27. The molecular formula is C33H27N5O2. The highest BCUT2D eigenvalue weighted by molar-refractivity contribution is 6.11. The first-order valence-electron chi connectivity index (χ1n) is 13.0. The highest BCUT2D eigenvalue weighted by Crippen LogP contribution is 2.36. The molecular weight excluding hydrogens is 498 g/mol. The molecule has 6 rings (SSSR count). The molecule has 2 amide bonds. The van der Waals surface area contributed by atoms with Crippen molar-refractivity contribution in [3.05, 3.63) is 131 Å². The summed E-state index contributed by atoms with van der Waals surface area (Å²) in [6.07, 6.45) is 5.19. The van der Waals surface area contributed by atoms with Gasteiger partial charge in [-0.3, -0.25) is 14.6 Å². The van der Waals surface area contributed by atoms with Gasteiger partial charge in [-0.1, -0.05) is 42.5 Å².